The first-order valence-electron chi connectivity index (χ1n) is 6.12. The van der Waals surface area contributed by atoms with E-state index in [2.05, 4.69) is 17.1 Å². The minimum Gasteiger partial charge on any atom is -0.494 e. The van der Waals surface area contributed by atoms with Crippen molar-refractivity contribution in [2.24, 2.45) is 16.6 Å². The Morgan fingerprint density at radius 2 is 2.00 bits per heavy atom. The van der Waals surface area contributed by atoms with Crippen LogP contribution >= 0.6 is 0 Å². The van der Waals surface area contributed by atoms with Gasteiger partial charge in [0.1, 0.15) is 5.75 Å². The third-order valence-corrected chi connectivity index (χ3v) is 2.32. The number of nitrogens with one attached hydrogen (secondary N) is 1. The molecule has 0 aliphatic carbocycles. The number of guanidine groups is 1. The average Bonchev–Trinajstić information content (AvgIpc) is 2.36. The molecule has 0 unspecified atom stereocenters. The molecule has 98 valence electrons. The smallest absolute Gasteiger partial charge is 0.256 e. The number of hydrazone groups is 1. The van der Waals surface area contributed by atoms with E-state index in [0.29, 0.717) is 0 Å². The molecule has 1 aromatic rings. The van der Waals surface area contributed by atoms with Gasteiger partial charge in [-0.05, 0) is 30.7 Å². The van der Waals surface area contributed by atoms with Gasteiger partial charge in [0.05, 0.1) is 6.61 Å². The predicted molar refractivity (Wildman–Crippen MR) is 73.4 cm³/mol. The molecule has 0 aromatic heterocycles. The highest BCUT2D eigenvalue weighted by Crippen LogP contribution is 2.11. The second-order valence-corrected chi connectivity index (χ2v) is 3.93. The van der Waals surface area contributed by atoms with Crippen LogP contribution in [-0.4, -0.2) is 18.8 Å². The lowest BCUT2D eigenvalue weighted by Crippen LogP contribution is -2.63. The van der Waals surface area contributed by atoms with Crippen LogP contribution in [0.1, 0.15) is 31.7 Å². The van der Waals surface area contributed by atoms with Crippen molar-refractivity contribution in [3.05, 3.63) is 29.8 Å². The fraction of sp³-hybridized carbons (Fsp3) is 0.385. The van der Waals surface area contributed by atoms with Crippen LogP contribution in [-0.2, 0) is 0 Å². The Kier molecular flexibility index (Phi) is 6.32. The third kappa shape index (κ3) is 5.89. The van der Waals surface area contributed by atoms with Crippen molar-refractivity contribution >= 4 is 12.2 Å². The van der Waals surface area contributed by atoms with Crippen molar-refractivity contribution in [3.8, 4) is 5.75 Å². The zero-order chi connectivity index (χ0) is 13.2. The predicted octanol–water partition coefficient (Wildman–Crippen LogP) is -0.0565. The van der Waals surface area contributed by atoms with Crippen LogP contribution in [0.2, 0.25) is 0 Å². The summed E-state index contributed by atoms with van der Waals surface area (Å²) in [7, 11) is 0. The molecule has 1 aromatic carbocycles. The number of hydrogen-bond acceptors (Lipinski definition) is 2. The minimum absolute atomic E-state index is 0.00197. The molecule has 0 bridgehead atoms. The van der Waals surface area contributed by atoms with Crippen LogP contribution < -0.4 is 21.3 Å². The lowest BCUT2D eigenvalue weighted by molar-refractivity contribution is -0.456. The Hall–Kier alpha value is -2.04. The molecule has 0 aliphatic heterocycles. The molecule has 0 saturated heterocycles. The molecule has 18 heavy (non-hydrogen) atoms. The van der Waals surface area contributed by atoms with Crippen LogP contribution in [0.3, 0.4) is 0 Å². The van der Waals surface area contributed by atoms with Crippen LogP contribution in [0.5, 0.6) is 5.75 Å². The maximum Gasteiger partial charge on any atom is 0.256 e. The van der Waals surface area contributed by atoms with E-state index in [9.17, 15) is 0 Å². The molecular formula is C13H21N4O+. The van der Waals surface area contributed by atoms with Crippen molar-refractivity contribution in [3.63, 3.8) is 0 Å². The van der Waals surface area contributed by atoms with Gasteiger partial charge in [-0.1, -0.05) is 19.8 Å². The molecular weight excluding hydrogens is 228 g/mol. The Morgan fingerprint density at radius 3 is 2.61 bits per heavy atom. The van der Waals surface area contributed by atoms with Crippen LogP contribution in [0.15, 0.2) is 29.4 Å². The molecule has 0 aliphatic rings. The average molecular weight is 249 g/mol. The third-order valence-electron chi connectivity index (χ3n) is 2.32. The van der Waals surface area contributed by atoms with Gasteiger partial charge in [0, 0.05) is 10.7 Å². The highest BCUT2D eigenvalue weighted by molar-refractivity contribution is 5.77. The topological polar surface area (TPSA) is 87.6 Å². The molecule has 0 radical (unpaired) electrons. The molecule has 0 heterocycles. The van der Waals surface area contributed by atoms with Crippen LogP contribution in [0.4, 0.5) is 0 Å². The first-order valence-corrected chi connectivity index (χ1v) is 6.12. The molecule has 5 heteroatoms. The lowest BCUT2D eigenvalue weighted by Gasteiger charge is -2.04. The highest BCUT2D eigenvalue weighted by atomic mass is 16.5. The highest BCUT2D eigenvalue weighted by Gasteiger charge is 1.95. The molecule has 0 atom stereocenters. The Labute approximate surface area is 108 Å². The van der Waals surface area contributed by atoms with Gasteiger partial charge >= 0.3 is 0 Å². The van der Waals surface area contributed by atoms with Gasteiger partial charge in [-0.3, -0.25) is 0 Å². The quantitative estimate of drug-likeness (QED) is 0.274. The van der Waals surface area contributed by atoms with E-state index in [0.717, 1.165) is 24.3 Å². The zero-order valence-corrected chi connectivity index (χ0v) is 10.7. The lowest BCUT2D eigenvalue weighted by atomic mass is 10.2. The summed E-state index contributed by atoms with van der Waals surface area (Å²) in [6.45, 7) is 2.94. The van der Waals surface area contributed by atoms with Crippen LogP contribution in [0, 0.1) is 0 Å². The van der Waals surface area contributed by atoms with Gasteiger partial charge in [-0.2, -0.15) is 0 Å². The number of rotatable bonds is 7. The molecule has 0 fully saturated rings. The summed E-state index contributed by atoms with van der Waals surface area (Å²) >= 11 is 0. The SMILES string of the molecule is CCCCCOc1ccc(/C=[NH+]/N=C(N)N)cc1. The van der Waals surface area contributed by atoms with E-state index in [4.69, 9.17) is 16.2 Å². The molecule has 0 amide bonds. The fourth-order valence-corrected chi connectivity index (χ4v) is 1.38. The van der Waals surface area contributed by atoms with E-state index < -0.39 is 0 Å². The maximum atomic E-state index is 5.60. The Bertz CT molecular complexity index is 394. The summed E-state index contributed by atoms with van der Waals surface area (Å²) < 4.78 is 5.60. The first kappa shape index (κ1) is 14.0. The largest absolute Gasteiger partial charge is 0.494 e. The number of nitrogens with two attached hydrogens (primary N) is 2. The van der Waals surface area contributed by atoms with Crippen molar-refractivity contribution in [1.29, 1.82) is 0 Å². The maximum absolute atomic E-state index is 5.60. The van der Waals surface area contributed by atoms with Gasteiger partial charge in [0.15, 0.2) is 0 Å². The number of hydrogen-bond donors (Lipinski definition) is 3. The fourth-order valence-electron chi connectivity index (χ4n) is 1.38. The summed E-state index contributed by atoms with van der Waals surface area (Å²) in [6.07, 6.45) is 5.21. The van der Waals surface area contributed by atoms with Gasteiger partial charge in [0.25, 0.3) is 5.96 Å². The summed E-state index contributed by atoms with van der Waals surface area (Å²) in [5.41, 5.74) is 11.3. The molecule has 1 rings (SSSR count). The number of ether oxygens (including phenoxy) is 1. The van der Waals surface area contributed by atoms with E-state index in [1.54, 1.807) is 6.21 Å². The van der Waals surface area contributed by atoms with Gasteiger partial charge in [-0.25, -0.2) is 0 Å². The number of unbranched alkanes of at least 4 members (excludes halogenated alkanes) is 2. The summed E-state index contributed by atoms with van der Waals surface area (Å²) in [5, 5.41) is 6.30. The van der Waals surface area contributed by atoms with Crippen LogP contribution in [0.25, 0.3) is 0 Å². The Morgan fingerprint density at radius 1 is 1.28 bits per heavy atom. The van der Waals surface area contributed by atoms with E-state index in [-0.39, 0.29) is 5.96 Å². The Balaban J connectivity index is 2.42. The minimum atomic E-state index is 0.00197. The zero-order valence-electron chi connectivity index (χ0n) is 10.7. The molecule has 0 saturated carbocycles. The molecule has 5 N–H and O–H groups in total. The summed E-state index contributed by atoms with van der Waals surface area (Å²) in [5.74, 6) is 0.882. The van der Waals surface area contributed by atoms with Gasteiger partial charge < -0.3 is 16.2 Å². The van der Waals surface area contributed by atoms with Crippen molar-refractivity contribution in [1.82, 2.24) is 0 Å². The van der Waals surface area contributed by atoms with Gasteiger partial charge in [0.2, 0.25) is 6.21 Å². The monoisotopic (exact) mass is 249 g/mol. The summed E-state index contributed by atoms with van der Waals surface area (Å²) in [4.78, 5) is 0. The normalized spacial score (nSPS) is 10.5. The number of nitrogens with zero attached hydrogens (tertiary/aromatic N) is 1. The molecule has 0 spiro atoms. The first-order chi connectivity index (χ1) is 8.72. The second kappa shape index (κ2) is 8.11. The van der Waals surface area contributed by atoms with E-state index >= 15 is 0 Å². The van der Waals surface area contributed by atoms with Crippen molar-refractivity contribution in [2.75, 3.05) is 6.61 Å². The molecule has 5 nitrogen and oxygen atoms in total. The summed E-state index contributed by atoms with van der Waals surface area (Å²) in [6, 6.07) is 7.72. The number of benzene rings is 1. The van der Waals surface area contributed by atoms with Crippen molar-refractivity contribution < 1.29 is 9.84 Å². The standard InChI is InChI=1S/C13H20N4O/c1-2-3-4-9-18-12-7-5-11(6-8-12)10-16-17-13(14)15/h5-8,10H,2-4,9H2,1H3,(H4,14,15,17)/p+1/b16-10+. The van der Waals surface area contributed by atoms with Gasteiger partial charge in [-0.15, -0.1) is 5.10 Å². The van der Waals surface area contributed by atoms with E-state index in [1.165, 1.54) is 12.8 Å². The van der Waals surface area contributed by atoms with E-state index in [1.807, 2.05) is 24.3 Å². The second-order valence-electron chi connectivity index (χ2n) is 3.93. The van der Waals surface area contributed by atoms with Crippen molar-refractivity contribution in [2.45, 2.75) is 26.2 Å².